The van der Waals surface area contributed by atoms with Crippen LogP contribution in [0.5, 0.6) is 0 Å². The largest absolute Gasteiger partial charge is 0.243 e. The zero-order valence-corrected chi connectivity index (χ0v) is 18.0. The number of aryl methyl sites for hydroxylation is 2. The molecule has 0 amide bonds. The molecule has 28 heavy (non-hydrogen) atoms. The summed E-state index contributed by atoms with van der Waals surface area (Å²) >= 11 is 0. The van der Waals surface area contributed by atoms with E-state index in [9.17, 15) is 16.8 Å². The first-order chi connectivity index (χ1) is 13.3. The number of hydrogen-bond donors (Lipinski definition) is 0. The lowest BCUT2D eigenvalue weighted by Gasteiger charge is -2.31. The van der Waals surface area contributed by atoms with Gasteiger partial charge in [0.25, 0.3) is 0 Å². The fraction of sp³-hybridized carbons (Fsp3) is 0.429. The van der Waals surface area contributed by atoms with E-state index < -0.39 is 25.1 Å². The molecule has 1 heterocycles. The summed E-state index contributed by atoms with van der Waals surface area (Å²) in [4.78, 5) is 0.657. The number of benzene rings is 2. The van der Waals surface area contributed by atoms with Crippen molar-refractivity contribution in [3.8, 4) is 0 Å². The molecule has 2 aromatic rings. The number of sulfone groups is 1. The van der Waals surface area contributed by atoms with Gasteiger partial charge in [-0.15, -0.1) is 0 Å². The molecule has 5 nitrogen and oxygen atoms in total. The predicted octanol–water partition coefficient (Wildman–Crippen LogP) is 3.57. The average Bonchev–Trinajstić information content (AvgIpc) is 2.69. The summed E-state index contributed by atoms with van der Waals surface area (Å²) in [7, 11) is -7.07. The molecule has 0 unspecified atom stereocenters. The smallest absolute Gasteiger partial charge is 0.223 e. The minimum absolute atomic E-state index is 0.221. The zero-order valence-electron chi connectivity index (χ0n) is 16.3. The molecule has 0 bridgehead atoms. The van der Waals surface area contributed by atoms with Crippen molar-refractivity contribution in [3.63, 3.8) is 0 Å². The number of piperidine rings is 1. The first-order valence-corrected chi connectivity index (χ1v) is 12.6. The first-order valence-electron chi connectivity index (χ1n) is 9.65. The topological polar surface area (TPSA) is 71.5 Å². The van der Waals surface area contributed by atoms with Gasteiger partial charge in [-0.25, -0.2) is 16.8 Å². The molecule has 1 aliphatic heterocycles. The van der Waals surface area contributed by atoms with Crippen LogP contribution in [-0.4, -0.2) is 39.5 Å². The van der Waals surface area contributed by atoms with E-state index >= 15 is 0 Å². The van der Waals surface area contributed by atoms with Gasteiger partial charge in [0.1, 0.15) is 0 Å². The van der Waals surface area contributed by atoms with Gasteiger partial charge in [-0.05, 0) is 49.9 Å². The molecule has 0 aliphatic carbocycles. The van der Waals surface area contributed by atoms with E-state index in [1.54, 1.807) is 36.4 Å². The minimum atomic E-state index is -3.62. The lowest BCUT2D eigenvalue weighted by Crippen LogP contribution is -2.42. The third-order valence-electron chi connectivity index (χ3n) is 5.30. The Labute approximate surface area is 168 Å². The van der Waals surface area contributed by atoms with E-state index in [0.29, 0.717) is 29.1 Å². The highest BCUT2D eigenvalue weighted by molar-refractivity contribution is 7.92. The van der Waals surface area contributed by atoms with Crippen LogP contribution in [0.3, 0.4) is 0 Å². The number of hydrogen-bond acceptors (Lipinski definition) is 4. The Balaban J connectivity index is 1.77. The Kier molecular flexibility index (Phi) is 6.27. The normalized spacial score (nSPS) is 16.9. The SMILES string of the molecule is CCCc1ccccc1S(=O)(=O)N1CCC(S(=O)(=O)c2ccc(C)cc2)CC1. The van der Waals surface area contributed by atoms with Gasteiger partial charge in [0.2, 0.25) is 10.0 Å². The predicted molar refractivity (Wildman–Crippen MR) is 111 cm³/mol. The van der Waals surface area contributed by atoms with Gasteiger partial charge in [0.05, 0.1) is 15.0 Å². The van der Waals surface area contributed by atoms with Crippen molar-refractivity contribution in [1.82, 2.24) is 4.31 Å². The second-order valence-corrected chi connectivity index (χ2v) is 11.5. The molecule has 152 valence electrons. The van der Waals surface area contributed by atoms with Crippen molar-refractivity contribution in [2.75, 3.05) is 13.1 Å². The van der Waals surface area contributed by atoms with Crippen molar-refractivity contribution < 1.29 is 16.8 Å². The Morgan fingerprint density at radius 3 is 2.14 bits per heavy atom. The minimum Gasteiger partial charge on any atom is -0.223 e. The summed E-state index contributed by atoms with van der Waals surface area (Å²) in [6, 6.07) is 13.9. The van der Waals surface area contributed by atoms with Gasteiger partial charge in [-0.3, -0.25) is 0 Å². The van der Waals surface area contributed by atoms with Gasteiger partial charge in [-0.2, -0.15) is 4.31 Å². The number of sulfonamides is 1. The second kappa shape index (κ2) is 8.35. The van der Waals surface area contributed by atoms with Gasteiger partial charge in [0.15, 0.2) is 9.84 Å². The molecular weight excluding hydrogens is 394 g/mol. The lowest BCUT2D eigenvalue weighted by molar-refractivity contribution is 0.345. The van der Waals surface area contributed by atoms with E-state index in [1.165, 1.54) is 4.31 Å². The Morgan fingerprint density at radius 2 is 1.54 bits per heavy atom. The van der Waals surface area contributed by atoms with E-state index in [0.717, 1.165) is 17.5 Å². The molecule has 2 aromatic carbocycles. The van der Waals surface area contributed by atoms with E-state index in [2.05, 4.69) is 0 Å². The average molecular weight is 422 g/mol. The maximum atomic E-state index is 13.1. The molecule has 3 rings (SSSR count). The Bertz CT molecular complexity index is 1020. The van der Waals surface area contributed by atoms with Crippen LogP contribution >= 0.6 is 0 Å². The molecule has 7 heteroatoms. The van der Waals surface area contributed by atoms with Crippen molar-refractivity contribution in [2.24, 2.45) is 0 Å². The summed E-state index contributed by atoms with van der Waals surface area (Å²) in [5, 5.41) is -0.549. The fourth-order valence-electron chi connectivity index (χ4n) is 3.67. The summed E-state index contributed by atoms with van der Waals surface area (Å²) in [6.07, 6.45) is 2.19. The van der Waals surface area contributed by atoms with Crippen molar-refractivity contribution in [3.05, 3.63) is 59.7 Å². The highest BCUT2D eigenvalue weighted by Gasteiger charge is 2.36. The molecule has 0 aromatic heterocycles. The van der Waals surface area contributed by atoms with Gasteiger partial charge < -0.3 is 0 Å². The number of rotatable bonds is 6. The third-order valence-corrected chi connectivity index (χ3v) is 9.58. The van der Waals surface area contributed by atoms with Gasteiger partial charge >= 0.3 is 0 Å². The molecule has 0 saturated carbocycles. The van der Waals surface area contributed by atoms with Crippen molar-refractivity contribution in [1.29, 1.82) is 0 Å². The summed E-state index contributed by atoms with van der Waals surface area (Å²) in [5.74, 6) is 0. The summed E-state index contributed by atoms with van der Waals surface area (Å²) in [6.45, 7) is 4.37. The van der Waals surface area contributed by atoms with Crippen molar-refractivity contribution in [2.45, 2.75) is 54.6 Å². The fourth-order valence-corrected chi connectivity index (χ4v) is 7.13. The standard InChI is InChI=1S/C21H27NO4S2/c1-3-6-18-7-4-5-8-21(18)28(25,26)22-15-13-20(14-16-22)27(23,24)19-11-9-17(2)10-12-19/h4-5,7-12,20H,3,6,13-16H2,1-2H3. The highest BCUT2D eigenvalue weighted by Crippen LogP contribution is 2.29. The van der Waals surface area contributed by atoms with Crippen LogP contribution in [0.4, 0.5) is 0 Å². The van der Waals surface area contributed by atoms with Crippen LogP contribution in [-0.2, 0) is 26.3 Å². The van der Waals surface area contributed by atoms with Crippen LogP contribution in [0.1, 0.15) is 37.3 Å². The number of nitrogens with zero attached hydrogens (tertiary/aromatic N) is 1. The molecule has 0 radical (unpaired) electrons. The van der Waals surface area contributed by atoms with E-state index in [4.69, 9.17) is 0 Å². The maximum Gasteiger partial charge on any atom is 0.243 e. The van der Waals surface area contributed by atoms with Crippen LogP contribution < -0.4 is 0 Å². The second-order valence-electron chi connectivity index (χ2n) is 7.32. The van der Waals surface area contributed by atoms with E-state index in [1.807, 2.05) is 26.0 Å². The third kappa shape index (κ3) is 4.16. The monoisotopic (exact) mass is 421 g/mol. The lowest BCUT2D eigenvalue weighted by atomic mass is 10.1. The van der Waals surface area contributed by atoms with Crippen LogP contribution in [0.2, 0.25) is 0 Å². The first kappa shape index (κ1) is 21.0. The van der Waals surface area contributed by atoms with E-state index in [-0.39, 0.29) is 13.1 Å². The molecule has 1 fully saturated rings. The van der Waals surface area contributed by atoms with Crippen LogP contribution in [0.25, 0.3) is 0 Å². The Morgan fingerprint density at radius 1 is 0.929 bits per heavy atom. The highest BCUT2D eigenvalue weighted by atomic mass is 32.2. The molecular formula is C21H27NO4S2. The quantitative estimate of drug-likeness (QED) is 0.715. The molecule has 1 aliphatic rings. The van der Waals surface area contributed by atoms with Crippen molar-refractivity contribution >= 4 is 19.9 Å². The van der Waals surface area contributed by atoms with Gasteiger partial charge in [-0.1, -0.05) is 49.2 Å². The molecule has 0 atom stereocenters. The molecule has 0 N–H and O–H groups in total. The van der Waals surface area contributed by atoms with Gasteiger partial charge in [0, 0.05) is 13.1 Å². The molecule has 1 saturated heterocycles. The maximum absolute atomic E-state index is 13.1. The zero-order chi connectivity index (χ0) is 20.4. The van der Waals surface area contributed by atoms with Crippen LogP contribution in [0, 0.1) is 6.92 Å². The molecule has 0 spiro atoms. The summed E-state index contributed by atoms with van der Waals surface area (Å²) < 4.78 is 53.5. The van der Waals surface area contributed by atoms with Crippen LogP contribution in [0.15, 0.2) is 58.3 Å². The Hall–Kier alpha value is -1.70. The summed E-state index contributed by atoms with van der Waals surface area (Å²) in [5.41, 5.74) is 1.82.